The molecule has 0 amide bonds. The van der Waals surface area contributed by atoms with Crippen molar-refractivity contribution in [1.29, 1.82) is 0 Å². The van der Waals surface area contributed by atoms with Crippen LogP contribution in [0.3, 0.4) is 0 Å². The highest BCUT2D eigenvalue weighted by Crippen LogP contribution is 2.43. The van der Waals surface area contributed by atoms with E-state index in [1.807, 2.05) is 29.5 Å². The SMILES string of the molecule is c1ccc(-c2nc(-c3cccc(-c4ccc5c(c4)sc4ccccc45)c3)nc(-c3cc(-c4ccccc4)c(-c4ccccc4)cc3-n3c4ccccc4c4ccccc43)n2)cc1. The van der Waals surface area contributed by atoms with Gasteiger partial charge in [-0.2, -0.15) is 0 Å². The van der Waals surface area contributed by atoms with Crippen molar-refractivity contribution in [3.05, 3.63) is 218 Å². The summed E-state index contributed by atoms with van der Waals surface area (Å²) >= 11 is 1.84. The summed E-state index contributed by atoms with van der Waals surface area (Å²) in [5.41, 5.74) is 12.7. The van der Waals surface area contributed by atoms with Crippen LogP contribution in [0.5, 0.6) is 0 Å². The van der Waals surface area contributed by atoms with Crippen molar-refractivity contribution >= 4 is 53.3 Å². The molecule has 0 saturated carbocycles. The van der Waals surface area contributed by atoms with Gasteiger partial charge in [0.2, 0.25) is 0 Å². The van der Waals surface area contributed by atoms with Gasteiger partial charge in [0, 0.05) is 47.6 Å². The van der Waals surface area contributed by atoms with Crippen molar-refractivity contribution in [2.45, 2.75) is 0 Å². The third-order valence-electron chi connectivity index (χ3n) is 11.9. The highest BCUT2D eigenvalue weighted by atomic mass is 32.1. The zero-order valence-electron chi connectivity index (χ0n) is 33.5. The fraction of sp³-hybridized carbons (Fsp3) is 0. The summed E-state index contributed by atoms with van der Waals surface area (Å²) in [6, 6.07) is 77.5. The summed E-state index contributed by atoms with van der Waals surface area (Å²) in [4.78, 5) is 16.0. The Labute approximate surface area is 362 Å². The van der Waals surface area contributed by atoms with E-state index in [-0.39, 0.29) is 0 Å². The van der Waals surface area contributed by atoms with Gasteiger partial charge in [0.15, 0.2) is 17.5 Å². The summed E-state index contributed by atoms with van der Waals surface area (Å²) in [6.07, 6.45) is 0. The fourth-order valence-electron chi connectivity index (χ4n) is 8.93. The van der Waals surface area contributed by atoms with E-state index in [1.54, 1.807) is 0 Å². The van der Waals surface area contributed by atoms with Crippen molar-refractivity contribution < 1.29 is 0 Å². The zero-order chi connectivity index (χ0) is 41.0. The molecule has 0 radical (unpaired) electrons. The van der Waals surface area contributed by atoms with Crippen LogP contribution in [-0.4, -0.2) is 19.5 Å². The topological polar surface area (TPSA) is 43.6 Å². The highest BCUT2D eigenvalue weighted by molar-refractivity contribution is 7.25. The number of aromatic nitrogens is 4. The summed E-state index contributed by atoms with van der Waals surface area (Å²) in [5, 5.41) is 4.96. The van der Waals surface area contributed by atoms with Gasteiger partial charge < -0.3 is 4.57 Å². The minimum atomic E-state index is 0.597. The maximum atomic E-state index is 5.45. The molecule has 4 nitrogen and oxygen atoms in total. The van der Waals surface area contributed by atoms with Crippen LogP contribution in [0.2, 0.25) is 0 Å². The van der Waals surface area contributed by atoms with E-state index in [9.17, 15) is 0 Å². The molecule has 0 spiro atoms. The van der Waals surface area contributed by atoms with Crippen molar-refractivity contribution in [3.63, 3.8) is 0 Å². The number of thiophene rings is 1. The maximum absolute atomic E-state index is 5.45. The number of fused-ring (bicyclic) bond motifs is 6. The van der Waals surface area contributed by atoms with Crippen LogP contribution in [-0.2, 0) is 0 Å². The van der Waals surface area contributed by atoms with E-state index in [0.29, 0.717) is 17.5 Å². The molecule has 0 fully saturated rings. The van der Waals surface area contributed by atoms with Crippen molar-refractivity contribution in [2.24, 2.45) is 0 Å². The fourth-order valence-corrected chi connectivity index (χ4v) is 10.1. The van der Waals surface area contributed by atoms with Crippen LogP contribution in [0.25, 0.3) is 115 Å². The predicted molar refractivity (Wildman–Crippen MR) is 260 cm³/mol. The Bertz CT molecular complexity index is 3580. The van der Waals surface area contributed by atoms with Crippen molar-refractivity contribution in [1.82, 2.24) is 19.5 Å². The molecule has 0 saturated heterocycles. The molecule has 62 heavy (non-hydrogen) atoms. The molecule has 9 aromatic carbocycles. The van der Waals surface area contributed by atoms with Gasteiger partial charge in [0.05, 0.1) is 16.7 Å². The standard InChI is InChI=1S/C57H36N4S/c1-4-17-37(18-5-1)47-35-49(52(36-48(47)38-19-6-2-7-20-38)61-50-28-13-10-25-43(50)44-26-11-14-29-51(44)61)57-59-55(39-21-8-3-9-22-39)58-56(60-57)42-24-16-23-40(33-42)41-31-32-46-45-27-12-15-30-53(45)62-54(46)34-41/h1-36H. The number of hydrogen-bond donors (Lipinski definition) is 0. The molecule has 12 rings (SSSR count). The Balaban J connectivity index is 1.12. The van der Waals surface area contributed by atoms with Gasteiger partial charge in [-0.15, -0.1) is 11.3 Å². The second-order valence-electron chi connectivity index (χ2n) is 15.6. The normalized spacial score (nSPS) is 11.5. The number of rotatable bonds is 7. The molecule has 3 heterocycles. The van der Waals surface area contributed by atoms with E-state index in [1.165, 1.54) is 30.9 Å². The molecule has 0 aliphatic heterocycles. The predicted octanol–water partition coefficient (Wildman–Crippen LogP) is 15.3. The smallest absolute Gasteiger partial charge is 0.166 e. The zero-order valence-corrected chi connectivity index (χ0v) is 34.3. The minimum Gasteiger partial charge on any atom is -0.308 e. The number of benzene rings is 9. The first-order chi connectivity index (χ1) is 30.7. The molecule has 0 N–H and O–H groups in total. The van der Waals surface area contributed by atoms with Crippen molar-refractivity contribution in [3.8, 4) is 73.2 Å². The Morgan fingerprint density at radius 2 is 0.774 bits per heavy atom. The van der Waals surface area contributed by atoms with Gasteiger partial charge >= 0.3 is 0 Å². The number of hydrogen-bond acceptors (Lipinski definition) is 4. The quantitative estimate of drug-likeness (QED) is 0.161. The highest BCUT2D eigenvalue weighted by Gasteiger charge is 2.23. The average molecular weight is 809 g/mol. The molecule has 0 atom stereocenters. The van der Waals surface area contributed by atoms with Crippen LogP contribution in [0.15, 0.2) is 218 Å². The lowest BCUT2D eigenvalue weighted by Crippen LogP contribution is -2.05. The second-order valence-corrected chi connectivity index (χ2v) is 16.7. The molecule has 0 bridgehead atoms. The maximum Gasteiger partial charge on any atom is 0.166 e. The Kier molecular flexibility index (Phi) is 8.65. The molecule has 5 heteroatoms. The lowest BCUT2D eigenvalue weighted by Gasteiger charge is -2.20. The summed E-state index contributed by atoms with van der Waals surface area (Å²) in [5.74, 6) is 1.82. The van der Waals surface area contributed by atoms with Crippen LogP contribution in [0.1, 0.15) is 0 Å². The van der Waals surface area contributed by atoms with Gasteiger partial charge in [-0.1, -0.05) is 176 Å². The minimum absolute atomic E-state index is 0.597. The molecular formula is C57H36N4S. The lowest BCUT2D eigenvalue weighted by molar-refractivity contribution is 1.06. The number of para-hydroxylation sites is 2. The molecule has 3 aromatic heterocycles. The summed E-state index contributed by atoms with van der Waals surface area (Å²) in [6.45, 7) is 0. The first kappa shape index (κ1) is 35.9. The Morgan fingerprint density at radius 3 is 1.45 bits per heavy atom. The Hall–Kier alpha value is -7.99. The third kappa shape index (κ3) is 6.18. The van der Waals surface area contributed by atoms with Gasteiger partial charge in [0.25, 0.3) is 0 Å². The average Bonchev–Trinajstić information content (AvgIpc) is 3.90. The molecule has 12 aromatic rings. The number of nitrogens with zero attached hydrogens (tertiary/aromatic N) is 4. The first-order valence-corrected chi connectivity index (χ1v) is 21.7. The van der Waals surface area contributed by atoms with Crippen LogP contribution in [0, 0.1) is 0 Å². The van der Waals surface area contributed by atoms with Crippen LogP contribution < -0.4 is 0 Å². The first-order valence-electron chi connectivity index (χ1n) is 20.8. The van der Waals surface area contributed by atoms with Crippen LogP contribution >= 0.6 is 11.3 Å². The summed E-state index contributed by atoms with van der Waals surface area (Å²) in [7, 11) is 0. The van der Waals surface area contributed by atoms with Crippen LogP contribution in [0.4, 0.5) is 0 Å². The largest absolute Gasteiger partial charge is 0.308 e. The molecule has 290 valence electrons. The van der Waals surface area contributed by atoms with Gasteiger partial charge in [-0.25, -0.2) is 15.0 Å². The Morgan fingerprint density at radius 1 is 0.290 bits per heavy atom. The van der Waals surface area contributed by atoms with E-state index in [0.717, 1.165) is 66.8 Å². The monoisotopic (exact) mass is 808 g/mol. The summed E-state index contributed by atoms with van der Waals surface area (Å²) < 4.78 is 4.96. The molecule has 0 unspecified atom stereocenters. The van der Waals surface area contributed by atoms with E-state index < -0.39 is 0 Å². The molecule has 0 aliphatic carbocycles. The molecule has 0 aliphatic rings. The van der Waals surface area contributed by atoms with E-state index >= 15 is 0 Å². The van der Waals surface area contributed by atoms with Gasteiger partial charge in [0.1, 0.15) is 0 Å². The van der Waals surface area contributed by atoms with Gasteiger partial charge in [-0.3, -0.25) is 0 Å². The van der Waals surface area contributed by atoms with E-state index in [2.05, 4.69) is 205 Å². The second kappa shape index (κ2) is 14.9. The third-order valence-corrected chi connectivity index (χ3v) is 13.0. The van der Waals surface area contributed by atoms with E-state index in [4.69, 9.17) is 15.0 Å². The van der Waals surface area contributed by atoms with Crippen molar-refractivity contribution in [2.75, 3.05) is 0 Å². The van der Waals surface area contributed by atoms with Gasteiger partial charge in [-0.05, 0) is 75.8 Å². The molecular weight excluding hydrogens is 773 g/mol. The lowest BCUT2D eigenvalue weighted by atomic mass is 9.91.